The molecule has 10 heteroatoms. The van der Waals surface area contributed by atoms with E-state index in [1.54, 1.807) is 44.6 Å². The number of nitrogens with zero attached hydrogens (tertiary/aromatic N) is 6. The van der Waals surface area contributed by atoms with Crippen LogP contribution in [0.4, 0.5) is 5.95 Å². The van der Waals surface area contributed by atoms with Crippen molar-refractivity contribution in [2.24, 2.45) is 0 Å². The van der Waals surface area contributed by atoms with Crippen LogP contribution >= 0.6 is 0 Å². The Morgan fingerprint density at radius 2 is 2.18 bits per heavy atom. The van der Waals surface area contributed by atoms with Crippen LogP contribution in [0.1, 0.15) is 16.1 Å². The molecule has 28 heavy (non-hydrogen) atoms. The van der Waals surface area contributed by atoms with Gasteiger partial charge < -0.3 is 19.8 Å². The van der Waals surface area contributed by atoms with E-state index in [4.69, 9.17) is 14.9 Å². The zero-order valence-corrected chi connectivity index (χ0v) is 15.2. The summed E-state index contributed by atoms with van der Waals surface area (Å²) in [5.41, 5.74) is 7.40. The molecule has 0 aliphatic heterocycles. The second-order valence-corrected chi connectivity index (χ2v) is 6.05. The van der Waals surface area contributed by atoms with Crippen LogP contribution < -0.4 is 10.5 Å². The van der Waals surface area contributed by atoms with Gasteiger partial charge in [-0.3, -0.25) is 4.79 Å². The molecule has 0 fully saturated rings. The molecule has 0 aromatic carbocycles. The van der Waals surface area contributed by atoms with Gasteiger partial charge in [-0.15, -0.1) is 5.10 Å². The van der Waals surface area contributed by atoms with Crippen LogP contribution in [-0.2, 0) is 6.54 Å². The van der Waals surface area contributed by atoms with Gasteiger partial charge >= 0.3 is 0 Å². The average Bonchev–Trinajstić information content (AvgIpc) is 3.37. The van der Waals surface area contributed by atoms with Gasteiger partial charge in [0.25, 0.3) is 5.91 Å². The number of nitrogen functional groups attached to an aromatic ring is 1. The minimum atomic E-state index is -0.299. The second-order valence-electron chi connectivity index (χ2n) is 6.05. The minimum absolute atomic E-state index is 0.0608. The first-order valence-electron chi connectivity index (χ1n) is 8.36. The predicted octanol–water partition coefficient (Wildman–Crippen LogP) is 1.64. The molecule has 10 nitrogen and oxygen atoms in total. The van der Waals surface area contributed by atoms with Crippen LogP contribution in [0.2, 0.25) is 0 Å². The minimum Gasteiger partial charge on any atom is -0.481 e. The third kappa shape index (κ3) is 3.22. The summed E-state index contributed by atoms with van der Waals surface area (Å²) < 4.78 is 11.7. The normalized spacial score (nSPS) is 10.9. The molecule has 0 spiro atoms. The van der Waals surface area contributed by atoms with Crippen LogP contribution in [0.3, 0.4) is 0 Å². The summed E-state index contributed by atoms with van der Waals surface area (Å²) in [4.78, 5) is 27.0. The maximum Gasteiger partial charge on any atom is 0.272 e. The van der Waals surface area contributed by atoms with E-state index in [0.29, 0.717) is 29.7 Å². The summed E-state index contributed by atoms with van der Waals surface area (Å²) in [6.45, 7) is 0.354. The first-order valence-corrected chi connectivity index (χ1v) is 8.36. The van der Waals surface area contributed by atoms with Crippen molar-refractivity contribution in [3.63, 3.8) is 0 Å². The Labute approximate surface area is 159 Å². The molecule has 4 heterocycles. The largest absolute Gasteiger partial charge is 0.481 e. The SMILES string of the molecule is COc1ccc(CN(C)C(=O)c2cc3nc(-c4ccco4)nn3c(N)n2)cn1. The first kappa shape index (κ1) is 17.5. The van der Waals surface area contributed by atoms with Gasteiger partial charge in [-0.05, 0) is 17.7 Å². The fourth-order valence-electron chi connectivity index (χ4n) is 2.70. The summed E-state index contributed by atoms with van der Waals surface area (Å²) in [5, 5.41) is 4.26. The number of nitrogens with two attached hydrogens (primary N) is 1. The number of pyridine rings is 1. The zero-order chi connectivity index (χ0) is 19.7. The fraction of sp³-hybridized carbons (Fsp3) is 0.167. The number of amides is 1. The summed E-state index contributed by atoms with van der Waals surface area (Å²) in [7, 11) is 3.22. The Balaban J connectivity index is 1.59. The summed E-state index contributed by atoms with van der Waals surface area (Å²) in [6, 6.07) is 8.60. The van der Waals surface area contributed by atoms with Gasteiger partial charge in [0.05, 0.1) is 13.4 Å². The second kappa shape index (κ2) is 6.99. The number of fused-ring (bicyclic) bond motifs is 1. The van der Waals surface area contributed by atoms with Crippen LogP contribution in [0.25, 0.3) is 17.2 Å². The molecule has 0 aliphatic rings. The Kier molecular flexibility index (Phi) is 4.36. The van der Waals surface area contributed by atoms with Crippen molar-refractivity contribution in [1.29, 1.82) is 0 Å². The van der Waals surface area contributed by atoms with Gasteiger partial charge in [0, 0.05) is 31.9 Å². The van der Waals surface area contributed by atoms with Crippen molar-refractivity contribution < 1.29 is 13.9 Å². The first-order chi connectivity index (χ1) is 13.5. The Bertz CT molecular complexity index is 1120. The number of hydrogen-bond donors (Lipinski definition) is 1. The fourth-order valence-corrected chi connectivity index (χ4v) is 2.70. The molecule has 0 aliphatic carbocycles. The van der Waals surface area contributed by atoms with Gasteiger partial charge in [-0.2, -0.15) is 4.52 Å². The summed E-state index contributed by atoms with van der Waals surface area (Å²) >= 11 is 0. The molecule has 4 aromatic rings. The van der Waals surface area contributed by atoms with E-state index in [2.05, 4.69) is 20.1 Å². The number of rotatable bonds is 5. The highest BCUT2D eigenvalue weighted by molar-refractivity contribution is 5.93. The maximum atomic E-state index is 12.8. The van der Waals surface area contributed by atoms with Crippen molar-refractivity contribution in [3.8, 4) is 17.5 Å². The van der Waals surface area contributed by atoms with Gasteiger partial charge in [-0.25, -0.2) is 15.0 Å². The van der Waals surface area contributed by atoms with Gasteiger partial charge in [0.1, 0.15) is 5.69 Å². The van der Waals surface area contributed by atoms with Crippen LogP contribution in [0.5, 0.6) is 5.88 Å². The number of methoxy groups -OCH3 is 1. The highest BCUT2D eigenvalue weighted by atomic mass is 16.5. The number of furan rings is 1. The smallest absolute Gasteiger partial charge is 0.272 e. The van der Waals surface area contributed by atoms with E-state index in [1.165, 1.54) is 15.7 Å². The number of hydrogen-bond acceptors (Lipinski definition) is 8. The monoisotopic (exact) mass is 379 g/mol. The molecular weight excluding hydrogens is 362 g/mol. The molecular formula is C18H17N7O3. The molecule has 0 atom stereocenters. The lowest BCUT2D eigenvalue weighted by atomic mass is 10.2. The number of carbonyl (C=O) groups is 1. The molecule has 0 saturated carbocycles. The Morgan fingerprint density at radius 3 is 2.86 bits per heavy atom. The average molecular weight is 379 g/mol. The third-order valence-corrected chi connectivity index (χ3v) is 4.08. The molecule has 4 aromatic heterocycles. The molecule has 1 amide bonds. The van der Waals surface area contributed by atoms with Crippen molar-refractivity contribution in [2.75, 3.05) is 19.9 Å². The molecule has 0 radical (unpaired) electrons. The Hall–Kier alpha value is -3.95. The molecule has 0 bridgehead atoms. The van der Waals surface area contributed by atoms with E-state index in [1.807, 2.05) is 6.07 Å². The van der Waals surface area contributed by atoms with Crippen molar-refractivity contribution in [2.45, 2.75) is 6.54 Å². The van der Waals surface area contributed by atoms with Gasteiger partial charge in [0.15, 0.2) is 11.4 Å². The van der Waals surface area contributed by atoms with Gasteiger partial charge in [0.2, 0.25) is 17.7 Å². The number of aromatic nitrogens is 5. The summed E-state index contributed by atoms with van der Waals surface area (Å²) in [5.74, 6) is 1.14. The highest BCUT2D eigenvalue weighted by Crippen LogP contribution is 2.19. The third-order valence-electron chi connectivity index (χ3n) is 4.08. The van der Waals surface area contributed by atoms with E-state index >= 15 is 0 Å². The number of carbonyl (C=O) groups excluding carboxylic acids is 1. The quantitative estimate of drug-likeness (QED) is 0.555. The number of ether oxygens (including phenoxy) is 1. The molecule has 4 rings (SSSR count). The lowest BCUT2D eigenvalue weighted by Crippen LogP contribution is -2.27. The van der Waals surface area contributed by atoms with Crippen molar-refractivity contribution in [1.82, 2.24) is 29.5 Å². The molecule has 2 N–H and O–H groups in total. The lowest BCUT2D eigenvalue weighted by molar-refractivity contribution is 0.0779. The van der Waals surface area contributed by atoms with Crippen LogP contribution in [0.15, 0.2) is 47.2 Å². The molecule has 0 unspecified atom stereocenters. The lowest BCUT2D eigenvalue weighted by Gasteiger charge is -2.17. The Morgan fingerprint density at radius 1 is 1.32 bits per heavy atom. The van der Waals surface area contributed by atoms with Gasteiger partial charge in [-0.1, -0.05) is 6.07 Å². The van der Waals surface area contributed by atoms with Crippen molar-refractivity contribution >= 4 is 17.5 Å². The van der Waals surface area contributed by atoms with E-state index in [9.17, 15) is 4.79 Å². The van der Waals surface area contributed by atoms with Crippen molar-refractivity contribution in [3.05, 3.63) is 54.0 Å². The van der Waals surface area contributed by atoms with E-state index < -0.39 is 0 Å². The molecule has 142 valence electrons. The standard InChI is InChI=1S/C18H17N7O3/c1-24(10-11-5-6-15(27-2)20-9-11)17(26)12-8-14-22-16(13-4-3-7-28-13)23-25(14)18(19)21-12/h3-9H,10H2,1-2H3,(H2,19,21). The zero-order valence-electron chi connectivity index (χ0n) is 15.2. The van der Waals surface area contributed by atoms with Crippen LogP contribution in [0, 0.1) is 0 Å². The number of anilines is 1. The highest BCUT2D eigenvalue weighted by Gasteiger charge is 2.18. The molecule has 0 saturated heterocycles. The van der Waals surface area contributed by atoms with E-state index in [-0.39, 0.29) is 17.5 Å². The van der Waals surface area contributed by atoms with Crippen LogP contribution in [-0.4, -0.2) is 49.5 Å². The predicted molar refractivity (Wildman–Crippen MR) is 99.5 cm³/mol. The topological polar surface area (TPSA) is 125 Å². The van der Waals surface area contributed by atoms with E-state index in [0.717, 1.165) is 5.56 Å². The summed E-state index contributed by atoms with van der Waals surface area (Å²) in [6.07, 6.45) is 3.18. The maximum absolute atomic E-state index is 12.8.